The van der Waals surface area contributed by atoms with Crippen LogP contribution in [0.1, 0.15) is 29.6 Å². The number of rotatable bonds is 5. The number of piperazine rings is 1. The van der Waals surface area contributed by atoms with Crippen molar-refractivity contribution in [1.29, 1.82) is 0 Å². The molecule has 0 aliphatic carbocycles. The summed E-state index contributed by atoms with van der Waals surface area (Å²) in [7, 11) is -3.53. The van der Waals surface area contributed by atoms with E-state index in [1.54, 1.807) is 23.1 Å². The van der Waals surface area contributed by atoms with Crippen molar-refractivity contribution in [2.45, 2.75) is 24.2 Å². The maximum absolute atomic E-state index is 13.0. The van der Waals surface area contributed by atoms with Gasteiger partial charge in [0.25, 0.3) is 11.6 Å². The number of piperidine rings is 1. The van der Waals surface area contributed by atoms with Crippen molar-refractivity contribution >= 4 is 48.3 Å². The Bertz CT molecular complexity index is 1360. The van der Waals surface area contributed by atoms with Crippen LogP contribution in [0.25, 0.3) is 10.2 Å². The van der Waals surface area contributed by atoms with E-state index in [4.69, 9.17) is 0 Å². The van der Waals surface area contributed by atoms with E-state index in [2.05, 4.69) is 9.88 Å². The van der Waals surface area contributed by atoms with Gasteiger partial charge in [0.2, 0.25) is 10.0 Å². The lowest BCUT2D eigenvalue weighted by molar-refractivity contribution is -0.384. The van der Waals surface area contributed by atoms with Crippen LogP contribution >= 0.6 is 11.3 Å². The monoisotopic (exact) mass is 515 g/mol. The lowest BCUT2D eigenvalue weighted by Crippen LogP contribution is -2.48. The minimum Gasteiger partial charge on any atom is -0.345 e. The standard InChI is InChI=1S/C23H25N5O5S2/c29-22(17-4-7-19(8-5-17)35(32,33)27-10-2-1-3-11-27)25-12-14-26(15-13-25)23-24-20-9-6-18(28(30)31)16-21(20)34-23/h4-9,16H,1-3,10-15H2. The van der Waals surface area contributed by atoms with Gasteiger partial charge in [-0.25, -0.2) is 13.4 Å². The number of aromatic nitrogens is 1. The zero-order valence-electron chi connectivity index (χ0n) is 19.0. The Hall–Kier alpha value is -3.09. The van der Waals surface area contributed by atoms with Crippen LogP contribution in [0, 0.1) is 10.1 Å². The number of nitro benzene ring substituents is 1. The highest BCUT2D eigenvalue weighted by atomic mass is 32.2. The number of nitro groups is 1. The van der Waals surface area contributed by atoms with E-state index in [1.807, 2.05) is 0 Å². The molecule has 2 fully saturated rings. The molecule has 35 heavy (non-hydrogen) atoms. The number of thiazole rings is 1. The molecule has 10 nitrogen and oxygen atoms in total. The molecule has 184 valence electrons. The molecular formula is C23H25N5O5S2. The van der Waals surface area contributed by atoms with E-state index in [9.17, 15) is 23.3 Å². The van der Waals surface area contributed by atoms with Gasteiger partial charge in [-0.3, -0.25) is 14.9 Å². The molecule has 12 heteroatoms. The lowest BCUT2D eigenvalue weighted by atomic mass is 10.2. The van der Waals surface area contributed by atoms with Gasteiger partial charge < -0.3 is 9.80 Å². The quantitative estimate of drug-likeness (QED) is 0.378. The van der Waals surface area contributed by atoms with Gasteiger partial charge in [0.05, 0.1) is 20.0 Å². The van der Waals surface area contributed by atoms with Gasteiger partial charge in [0.15, 0.2) is 5.13 Å². The Balaban J connectivity index is 1.23. The van der Waals surface area contributed by atoms with Gasteiger partial charge >= 0.3 is 0 Å². The fraction of sp³-hybridized carbons (Fsp3) is 0.391. The van der Waals surface area contributed by atoms with Gasteiger partial charge in [0.1, 0.15) is 0 Å². The summed E-state index contributed by atoms with van der Waals surface area (Å²) in [6, 6.07) is 10.9. The zero-order valence-corrected chi connectivity index (χ0v) is 20.6. The average Bonchev–Trinajstić information content (AvgIpc) is 3.32. The van der Waals surface area contributed by atoms with Crippen LogP contribution in [0.2, 0.25) is 0 Å². The summed E-state index contributed by atoms with van der Waals surface area (Å²) in [5, 5.41) is 11.8. The van der Waals surface area contributed by atoms with Crippen LogP contribution in [-0.2, 0) is 10.0 Å². The molecule has 1 amide bonds. The fourth-order valence-electron chi connectivity index (χ4n) is 4.46. The molecule has 0 saturated carbocycles. The second kappa shape index (κ2) is 9.51. The first kappa shape index (κ1) is 23.6. The second-order valence-corrected chi connectivity index (χ2v) is 11.6. The third kappa shape index (κ3) is 4.73. The highest BCUT2D eigenvalue weighted by Crippen LogP contribution is 2.32. The highest BCUT2D eigenvalue weighted by Gasteiger charge is 2.27. The largest absolute Gasteiger partial charge is 0.345 e. The molecule has 5 rings (SSSR count). The number of carbonyl (C=O) groups excluding carboxylic acids is 1. The van der Waals surface area contributed by atoms with E-state index in [1.165, 1.54) is 39.9 Å². The molecule has 0 spiro atoms. The van der Waals surface area contributed by atoms with Crippen molar-refractivity contribution < 1.29 is 18.1 Å². The van der Waals surface area contributed by atoms with E-state index in [0.717, 1.165) is 29.1 Å². The summed E-state index contributed by atoms with van der Waals surface area (Å²) < 4.78 is 28.0. The fourth-order valence-corrected chi connectivity index (χ4v) is 7.02. The first-order chi connectivity index (χ1) is 16.8. The Morgan fingerprint density at radius 1 is 0.943 bits per heavy atom. The maximum Gasteiger partial charge on any atom is 0.270 e. The molecule has 2 aromatic carbocycles. The summed E-state index contributed by atoms with van der Waals surface area (Å²) in [5.74, 6) is -0.133. The van der Waals surface area contributed by atoms with E-state index in [-0.39, 0.29) is 16.5 Å². The van der Waals surface area contributed by atoms with Crippen LogP contribution in [0.5, 0.6) is 0 Å². The Labute approximate surface area is 207 Å². The van der Waals surface area contributed by atoms with Crippen molar-refractivity contribution in [1.82, 2.24) is 14.2 Å². The molecule has 3 heterocycles. The van der Waals surface area contributed by atoms with Crippen LogP contribution < -0.4 is 4.90 Å². The summed E-state index contributed by atoms with van der Waals surface area (Å²) in [4.78, 5) is 32.3. The van der Waals surface area contributed by atoms with Crippen LogP contribution in [-0.4, -0.2) is 72.7 Å². The van der Waals surface area contributed by atoms with Crippen molar-refractivity contribution in [2.24, 2.45) is 0 Å². The number of amides is 1. The highest BCUT2D eigenvalue weighted by molar-refractivity contribution is 7.89. The number of hydrogen-bond acceptors (Lipinski definition) is 8. The number of fused-ring (bicyclic) bond motifs is 1. The molecule has 2 aliphatic heterocycles. The maximum atomic E-state index is 13.0. The SMILES string of the molecule is O=C(c1ccc(S(=O)(=O)N2CCCCC2)cc1)N1CCN(c2nc3ccc([N+](=O)[O-])cc3s2)CC1. The molecule has 2 aliphatic rings. The topological polar surface area (TPSA) is 117 Å². The summed E-state index contributed by atoms with van der Waals surface area (Å²) in [5.41, 5.74) is 1.22. The molecule has 1 aromatic heterocycles. The lowest BCUT2D eigenvalue weighted by Gasteiger charge is -2.34. The molecule has 0 N–H and O–H groups in total. The van der Waals surface area contributed by atoms with Crippen LogP contribution in [0.4, 0.5) is 10.8 Å². The van der Waals surface area contributed by atoms with Crippen molar-refractivity contribution in [3.8, 4) is 0 Å². The third-order valence-electron chi connectivity index (χ3n) is 6.46. The van der Waals surface area contributed by atoms with Crippen molar-refractivity contribution in [3.63, 3.8) is 0 Å². The van der Waals surface area contributed by atoms with Gasteiger partial charge in [-0.2, -0.15) is 4.31 Å². The first-order valence-corrected chi connectivity index (χ1v) is 13.8. The number of anilines is 1. The zero-order chi connectivity index (χ0) is 24.6. The van der Waals surface area contributed by atoms with Crippen molar-refractivity contribution in [3.05, 3.63) is 58.1 Å². The van der Waals surface area contributed by atoms with E-state index in [0.29, 0.717) is 50.3 Å². The van der Waals surface area contributed by atoms with Crippen LogP contribution in [0.15, 0.2) is 47.4 Å². The summed E-state index contributed by atoms with van der Waals surface area (Å²) in [6.45, 7) is 3.27. The summed E-state index contributed by atoms with van der Waals surface area (Å²) in [6.07, 6.45) is 2.80. The average molecular weight is 516 g/mol. The Morgan fingerprint density at radius 3 is 2.29 bits per heavy atom. The molecule has 2 saturated heterocycles. The minimum atomic E-state index is -3.53. The number of hydrogen-bond donors (Lipinski definition) is 0. The normalized spacial score (nSPS) is 17.6. The first-order valence-electron chi connectivity index (χ1n) is 11.5. The van der Waals surface area contributed by atoms with Gasteiger partial charge in [0, 0.05) is 57.0 Å². The van der Waals surface area contributed by atoms with Gasteiger partial charge in [-0.05, 0) is 43.2 Å². The Kier molecular flexibility index (Phi) is 6.43. The predicted octanol–water partition coefficient (Wildman–Crippen LogP) is 3.34. The molecule has 3 aromatic rings. The minimum absolute atomic E-state index is 0.0397. The number of benzene rings is 2. The third-order valence-corrected chi connectivity index (χ3v) is 9.45. The summed E-state index contributed by atoms with van der Waals surface area (Å²) >= 11 is 1.40. The second-order valence-electron chi connectivity index (χ2n) is 8.67. The molecule has 0 radical (unpaired) electrons. The van der Waals surface area contributed by atoms with Gasteiger partial charge in [-0.1, -0.05) is 17.8 Å². The van der Waals surface area contributed by atoms with Crippen LogP contribution in [0.3, 0.4) is 0 Å². The van der Waals surface area contributed by atoms with E-state index >= 15 is 0 Å². The number of sulfonamides is 1. The molecule has 0 unspecified atom stereocenters. The van der Waals surface area contributed by atoms with Gasteiger partial charge in [-0.15, -0.1) is 0 Å². The van der Waals surface area contributed by atoms with Crippen molar-refractivity contribution in [2.75, 3.05) is 44.2 Å². The van der Waals surface area contributed by atoms with E-state index < -0.39 is 14.9 Å². The Morgan fingerprint density at radius 2 is 1.63 bits per heavy atom. The smallest absolute Gasteiger partial charge is 0.270 e. The number of nitrogens with zero attached hydrogens (tertiary/aromatic N) is 5. The molecule has 0 bridgehead atoms. The predicted molar refractivity (Wildman–Crippen MR) is 133 cm³/mol. The molecular weight excluding hydrogens is 490 g/mol. The molecule has 0 atom stereocenters. The number of carbonyl (C=O) groups is 1. The number of non-ortho nitro benzene ring substituents is 1.